The van der Waals surface area contributed by atoms with Crippen molar-refractivity contribution in [2.75, 3.05) is 0 Å². The molecular formula is C11H8Cl7O. The Morgan fingerprint density at radius 3 is 1.95 bits per heavy atom. The monoisotopic (exact) mass is 401 g/mol. The fourth-order valence-corrected chi connectivity index (χ4v) is 2.80. The number of hydrogen-bond donors (Lipinski definition) is 0. The van der Waals surface area contributed by atoms with Gasteiger partial charge in [0, 0.05) is 0 Å². The van der Waals surface area contributed by atoms with Crippen molar-refractivity contribution < 1.29 is 5.11 Å². The zero-order valence-corrected chi connectivity index (χ0v) is 14.7. The van der Waals surface area contributed by atoms with Crippen LogP contribution in [-0.2, 0) is 9.44 Å². The van der Waals surface area contributed by atoms with Gasteiger partial charge in [-0.3, -0.25) is 0 Å². The predicted octanol–water partition coefficient (Wildman–Crippen LogP) is 6.35. The molecule has 1 rings (SSSR count). The molecule has 0 fully saturated rings. The molecule has 0 N–H and O–H groups in total. The second-order valence-corrected chi connectivity index (χ2v) is 8.85. The lowest BCUT2D eigenvalue weighted by Gasteiger charge is -2.38. The molecule has 0 aliphatic heterocycles. The van der Waals surface area contributed by atoms with Crippen molar-refractivity contribution in [2.45, 2.75) is 25.5 Å². The van der Waals surface area contributed by atoms with E-state index in [4.69, 9.17) is 81.2 Å². The molecule has 1 radical (unpaired) electrons. The van der Waals surface area contributed by atoms with Gasteiger partial charge in [0.2, 0.25) is 8.13 Å². The zero-order chi connectivity index (χ0) is 15.1. The highest BCUT2D eigenvalue weighted by Crippen LogP contribution is 2.60. The maximum atomic E-state index is 11.4. The quantitative estimate of drug-likeness (QED) is 0.523. The summed E-state index contributed by atoms with van der Waals surface area (Å²) in [7, 11) is 0. The molecule has 8 heteroatoms. The van der Waals surface area contributed by atoms with E-state index in [2.05, 4.69) is 0 Å². The SMILES string of the molecule is CC([O])c1cccc(C(Cl)(Cl)C(Cl)(Cl)C(Cl)(Cl)Cl)c1. The summed E-state index contributed by atoms with van der Waals surface area (Å²) < 4.78 is -6.15. The van der Waals surface area contributed by atoms with Crippen molar-refractivity contribution in [3.63, 3.8) is 0 Å². The van der Waals surface area contributed by atoms with Gasteiger partial charge in [-0.1, -0.05) is 99.4 Å². The minimum Gasteiger partial charge on any atom is -0.228 e. The van der Waals surface area contributed by atoms with Crippen LogP contribution in [-0.4, -0.2) is 8.13 Å². The van der Waals surface area contributed by atoms with Crippen LogP contribution in [0.2, 0.25) is 0 Å². The van der Waals surface area contributed by atoms with Gasteiger partial charge in [0.05, 0.1) is 0 Å². The third-order valence-corrected chi connectivity index (χ3v) is 6.42. The maximum Gasteiger partial charge on any atom is 0.226 e. The number of benzene rings is 1. The van der Waals surface area contributed by atoms with E-state index in [1.165, 1.54) is 13.0 Å². The molecule has 19 heavy (non-hydrogen) atoms. The van der Waals surface area contributed by atoms with Crippen molar-refractivity contribution in [1.29, 1.82) is 0 Å². The summed E-state index contributed by atoms with van der Waals surface area (Å²) in [4.78, 5) is 0. The van der Waals surface area contributed by atoms with Gasteiger partial charge in [0.25, 0.3) is 0 Å². The molecule has 0 spiro atoms. The van der Waals surface area contributed by atoms with E-state index < -0.39 is 18.6 Å². The highest BCUT2D eigenvalue weighted by atomic mass is 35.6. The minimum atomic E-state index is -2.13. The zero-order valence-electron chi connectivity index (χ0n) is 9.44. The molecule has 1 aromatic carbocycles. The van der Waals surface area contributed by atoms with Crippen LogP contribution in [0.4, 0.5) is 0 Å². The Hall–Kier alpha value is 1.21. The van der Waals surface area contributed by atoms with Crippen LogP contribution in [0.15, 0.2) is 24.3 Å². The lowest BCUT2D eigenvalue weighted by molar-refractivity contribution is 0.106. The van der Waals surface area contributed by atoms with Gasteiger partial charge in [0.15, 0.2) is 4.33 Å². The van der Waals surface area contributed by atoms with Crippen LogP contribution >= 0.6 is 81.2 Å². The van der Waals surface area contributed by atoms with Crippen molar-refractivity contribution in [1.82, 2.24) is 0 Å². The van der Waals surface area contributed by atoms with E-state index in [-0.39, 0.29) is 5.56 Å². The Balaban J connectivity index is 3.31. The first kappa shape index (κ1) is 18.3. The van der Waals surface area contributed by atoms with Gasteiger partial charge in [-0.15, -0.1) is 0 Å². The summed E-state index contributed by atoms with van der Waals surface area (Å²) in [5.74, 6) is 0. The molecule has 0 bridgehead atoms. The molecule has 1 aromatic rings. The van der Waals surface area contributed by atoms with Gasteiger partial charge in [-0.25, -0.2) is 5.11 Å². The Morgan fingerprint density at radius 2 is 1.53 bits per heavy atom. The van der Waals surface area contributed by atoms with E-state index >= 15 is 0 Å². The molecule has 0 aromatic heterocycles. The second-order valence-electron chi connectivity index (χ2n) is 3.91. The number of halogens is 7. The average Bonchev–Trinajstić information content (AvgIpc) is 2.27. The van der Waals surface area contributed by atoms with E-state index in [9.17, 15) is 5.11 Å². The van der Waals surface area contributed by atoms with Crippen molar-refractivity contribution in [2.24, 2.45) is 0 Å². The summed E-state index contributed by atoms with van der Waals surface area (Å²) >= 11 is 41.4. The standard InChI is InChI=1S/C11H8Cl7O/c1-6(19)7-3-2-4-8(5-7)9(12,13)10(14,15)11(16,17)18/h2-6H,1H3. The number of rotatable bonds is 3. The summed E-state index contributed by atoms with van der Waals surface area (Å²) in [6, 6.07) is 6.25. The van der Waals surface area contributed by atoms with Crippen LogP contribution in [0, 0.1) is 0 Å². The lowest BCUT2D eigenvalue weighted by atomic mass is 10.0. The third kappa shape index (κ3) is 3.70. The van der Waals surface area contributed by atoms with E-state index in [1.807, 2.05) is 0 Å². The normalized spacial score (nSPS) is 15.4. The molecule has 0 heterocycles. The van der Waals surface area contributed by atoms with Crippen molar-refractivity contribution >= 4 is 81.2 Å². The topological polar surface area (TPSA) is 19.9 Å². The molecule has 107 valence electrons. The number of alkyl halides is 7. The molecule has 0 aliphatic carbocycles. The molecular weight excluding hydrogens is 396 g/mol. The van der Waals surface area contributed by atoms with Crippen LogP contribution in [0.5, 0.6) is 0 Å². The van der Waals surface area contributed by atoms with Gasteiger partial charge in [-0.2, -0.15) is 0 Å². The average molecular weight is 404 g/mol. The molecule has 1 nitrogen and oxygen atoms in total. The van der Waals surface area contributed by atoms with E-state index in [0.717, 1.165) is 0 Å². The second kappa shape index (κ2) is 6.14. The first-order valence-electron chi connectivity index (χ1n) is 5.00. The van der Waals surface area contributed by atoms with E-state index in [1.54, 1.807) is 18.2 Å². The van der Waals surface area contributed by atoms with Gasteiger partial charge < -0.3 is 0 Å². The highest BCUT2D eigenvalue weighted by molar-refractivity contribution is 6.78. The summed E-state index contributed by atoms with van der Waals surface area (Å²) in [5.41, 5.74) is 0.740. The van der Waals surface area contributed by atoms with Crippen molar-refractivity contribution in [3.05, 3.63) is 35.4 Å². The molecule has 0 saturated carbocycles. The van der Waals surface area contributed by atoms with Crippen LogP contribution in [0.3, 0.4) is 0 Å². The lowest BCUT2D eigenvalue weighted by Crippen LogP contribution is -2.45. The predicted molar refractivity (Wildman–Crippen MR) is 83.7 cm³/mol. The Labute approximate surface area is 146 Å². The number of hydrogen-bond acceptors (Lipinski definition) is 0. The summed E-state index contributed by atoms with van der Waals surface area (Å²) in [5, 5.41) is 11.4. The Kier molecular flexibility index (Phi) is 5.90. The smallest absolute Gasteiger partial charge is 0.226 e. The summed E-state index contributed by atoms with van der Waals surface area (Å²) in [6.07, 6.45) is -0.961. The molecule has 0 aliphatic rings. The van der Waals surface area contributed by atoms with Crippen LogP contribution in [0.1, 0.15) is 24.2 Å². The van der Waals surface area contributed by atoms with Gasteiger partial charge >= 0.3 is 0 Å². The van der Waals surface area contributed by atoms with Gasteiger partial charge in [0.1, 0.15) is 6.10 Å². The Bertz CT molecular complexity index is 451. The van der Waals surface area contributed by atoms with E-state index in [0.29, 0.717) is 5.56 Å². The highest BCUT2D eigenvalue weighted by Gasteiger charge is 2.60. The molecule has 1 atom stereocenters. The molecule has 0 amide bonds. The van der Waals surface area contributed by atoms with Gasteiger partial charge in [-0.05, 0) is 24.1 Å². The minimum absolute atomic E-state index is 0.271. The summed E-state index contributed by atoms with van der Waals surface area (Å²) in [6.45, 7) is 1.48. The van der Waals surface area contributed by atoms with Crippen LogP contribution < -0.4 is 0 Å². The molecule has 1 unspecified atom stereocenters. The molecule has 0 saturated heterocycles. The maximum absolute atomic E-state index is 11.4. The third-order valence-electron chi connectivity index (χ3n) is 2.47. The first-order chi connectivity index (χ1) is 8.41. The largest absolute Gasteiger partial charge is 0.228 e. The first-order valence-corrected chi connectivity index (χ1v) is 7.64. The fraction of sp³-hybridized carbons (Fsp3) is 0.455. The Morgan fingerprint density at radius 1 is 1.00 bits per heavy atom. The fourth-order valence-electron chi connectivity index (χ4n) is 1.35. The van der Waals surface area contributed by atoms with Crippen molar-refractivity contribution in [3.8, 4) is 0 Å². The van der Waals surface area contributed by atoms with Crippen LogP contribution in [0.25, 0.3) is 0 Å².